The van der Waals surface area contributed by atoms with Gasteiger partial charge in [-0.15, -0.1) is 0 Å². The summed E-state index contributed by atoms with van der Waals surface area (Å²) in [5.41, 5.74) is 1.78. The van der Waals surface area contributed by atoms with Crippen LogP contribution in [-0.4, -0.2) is 33.0 Å². The van der Waals surface area contributed by atoms with Crippen molar-refractivity contribution in [3.05, 3.63) is 88.5 Å². The summed E-state index contributed by atoms with van der Waals surface area (Å²) in [5.74, 6) is 0.699. The van der Waals surface area contributed by atoms with Crippen LogP contribution >= 0.6 is 11.6 Å². The number of ketones is 1. The van der Waals surface area contributed by atoms with Crippen LogP contribution in [0.2, 0.25) is 5.02 Å². The van der Waals surface area contributed by atoms with Gasteiger partial charge in [0.05, 0.1) is 27.0 Å². The van der Waals surface area contributed by atoms with Gasteiger partial charge in [0.25, 0.3) is 0 Å². The van der Waals surface area contributed by atoms with Gasteiger partial charge in [0, 0.05) is 27.8 Å². The van der Waals surface area contributed by atoms with Crippen LogP contribution in [0.4, 0.5) is 5.69 Å². The number of anilines is 1. The summed E-state index contributed by atoms with van der Waals surface area (Å²) in [6.45, 7) is 0. The van der Waals surface area contributed by atoms with Gasteiger partial charge in [-0.25, -0.2) is 0 Å². The Bertz CT molecular complexity index is 1160. The molecule has 0 unspecified atom stereocenters. The Balaban J connectivity index is 1.86. The van der Waals surface area contributed by atoms with Crippen LogP contribution in [0.15, 0.2) is 66.7 Å². The molecule has 1 amide bonds. The first-order valence-corrected chi connectivity index (χ1v) is 10.0. The van der Waals surface area contributed by atoms with Crippen molar-refractivity contribution in [1.29, 1.82) is 0 Å². The zero-order valence-corrected chi connectivity index (χ0v) is 18.6. The van der Waals surface area contributed by atoms with Gasteiger partial charge in [-0.1, -0.05) is 41.9 Å². The molecule has 3 aromatic carbocycles. The molecule has 0 aliphatic heterocycles. The first-order valence-electron chi connectivity index (χ1n) is 9.65. The molecule has 0 bridgehead atoms. The van der Waals surface area contributed by atoms with E-state index in [1.54, 1.807) is 54.6 Å². The number of benzene rings is 3. The Morgan fingerprint density at radius 1 is 0.875 bits per heavy atom. The van der Waals surface area contributed by atoms with E-state index in [4.69, 9.17) is 25.8 Å². The van der Waals surface area contributed by atoms with E-state index >= 15 is 0 Å². The largest absolute Gasteiger partial charge is 0.493 e. The number of carbonyl (C=O) groups excluding carboxylic acids is 2. The summed E-state index contributed by atoms with van der Waals surface area (Å²) in [7, 11) is 4.54. The number of ether oxygens (including phenoxy) is 3. The van der Waals surface area contributed by atoms with Crippen molar-refractivity contribution in [3.63, 3.8) is 0 Å². The van der Waals surface area contributed by atoms with Gasteiger partial charge in [-0.3, -0.25) is 9.59 Å². The molecule has 7 heteroatoms. The average Bonchev–Trinajstić information content (AvgIpc) is 2.83. The molecular weight excluding hydrogens is 430 g/mol. The maximum atomic E-state index is 12.9. The van der Waals surface area contributed by atoms with Gasteiger partial charge in [-0.2, -0.15) is 0 Å². The lowest BCUT2D eigenvalue weighted by atomic mass is 10.0. The number of nitrogens with one attached hydrogen (secondary N) is 1. The number of halogens is 1. The van der Waals surface area contributed by atoms with Crippen molar-refractivity contribution in [2.75, 3.05) is 26.6 Å². The highest BCUT2D eigenvalue weighted by Crippen LogP contribution is 2.40. The summed E-state index contributed by atoms with van der Waals surface area (Å²) in [6, 6.07) is 17.0. The van der Waals surface area contributed by atoms with E-state index < -0.39 is 5.91 Å². The molecule has 3 rings (SSSR count). The molecule has 0 saturated carbocycles. The van der Waals surface area contributed by atoms with Gasteiger partial charge in [0.15, 0.2) is 17.3 Å². The SMILES string of the molecule is COc1ccc(/C=C/C(=O)Nc2ccc(Cl)cc2C(=O)c2ccccc2)c(OC)c1OC. The Morgan fingerprint density at radius 2 is 1.59 bits per heavy atom. The van der Waals surface area contributed by atoms with Gasteiger partial charge < -0.3 is 19.5 Å². The molecule has 0 radical (unpaired) electrons. The fourth-order valence-electron chi connectivity index (χ4n) is 3.15. The molecule has 0 aliphatic rings. The minimum Gasteiger partial charge on any atom is -0.493 e. The fourth-order valence-corrected chi connectivity index (χ4v) is 3.33. The molecule has 3 aromatic rings. The minimum atomic E-state index is -0.425. The van der Waals surface area contributed by atoms with Crippen LogP contribution in [0.5, 0.6) is 17.2 Å². The molecule has 6 nitrogen and oxygen atoms in total. The quantitative estimate of drug-likeness (QED) is 0.374. The number of carbonyl (C=O) groups is 2. The normalized spacial score (nSPS) is 10.6. The third-order valence-corrected chi connectivity index (χ3v) is 4.90. The van der Waals surface area contributed by atoms with E-state index in [2.05, 4.69) is 5.32 Å². The monoisotopic (exact) mass is 451 g/mol. The fraction of sp³-hybridized carbons (Fsp3) is 0.120. The Morgan fingerprint density at radius 3 is 2.25 bits per heavy atom. The van der Waals surface area contributed by atoms with E-state index in [0.717, 1.165) is 0 Å². The maximum absolute atomic E-state index is 12.9. The van der Waals surface area contributed by atoms with Crippen LogP contribution in [-0.2, 0) is 4.79 Å². The Kier molecular flexibility index (Phi) is 7.52. The smallest absolute Gasteiger partial charge is 0.248 e. The highest BCUT2D eigenvalue weighted by atomic mass is 35.5. The lowest BCUT2D eigenvalue weighted by molar-refractivity contribution is -0.111. The number of methoxy groups -OCH3 is 3. The Labute approximate surface area is 191 Å². The van der Waals surface area contributed by atoms with Crippen molar-refractivity contribution in [2.45, 2.75) is 0 Å². The molecule has 164 valence electrons. The van der Waals surface area contributed by atoms with Crippen molar-refractivity contribution in [1.82, 2.24) is 0 Å². The third-order valence-electron chi connectivity index (χ3n) is 4.67. The highest BCUT2D eigenvalue weighted by molar-refractivity contribution is 6.31. The number of amides is 1. The Hall–Kier alpha value is -3.77. The van der Waals surface area contributed by atoms with Gasteiger partial charge in [-0.05, 0) is 36.4 Å². The van der Waals surface area contributed by atoms with Gasteiger partial charge >= 0.3 is 0 Å². The molecule has 0 heterocycles. The summed E-state index contributed by atoms with van der Waals surface area (Å²) in [6.07, 6.45) is 2.93. The zero-order chi connectivity index (χ0) is 23.1. The average molecular weight is 452 g/mol. The van der Waals surface area contributed by atoms with E-state index in [9.17, 15) is 9.59 Å². The van der Waals surface area contributed by atoms with Gasteiger partial charge in [0.2, 0.25) is 11.7 Å². The van der Waals surface area contributed by atoms with Gasteiger partial charge in [0.1, 0.15) is 0 Å². The molecule has 0 spiro atoms. The first-order chi connectivity index (χ1) is 15.5. The van der Waals surface area contributed by atoms with Crippen LogP contribution in [0.1, 0.15) is 21.5 Å². The van der Waals surface area contributed by atoms with Crippen molar-refractivity contribution >= 4 is 35.1 Å². The number of rotatable bonds is 8. The number of hydrogen-bond acceptors (Lipinski definition) is 5. The highest BCUT2D eigenvalue weighted by Gasteiger charge is 2.17. The second kappa shape index (κ2) is 10.5. The van der Waals surface area contributed by atoms with E-state index in [0.29, 0.717) is 44.6 Å². The molecule has 0 fully saturated rings. The van der Waals surface area contributed by atoms with Crippen LogP contribution < -0.4 is 19.5 Å². The zero-order valence-electron chi connectivity index (χ0n) is 17.8. The summed E-state index contributed by atoms with van der Waals surface area (Å²) < 4.78 is 16.1. The van der Waals surface area contributed by atoms with Crippen LogP contribution in [0.25, 0.3) is 6.08 Å². The summed E-state index contributed by atoms with van der Waals surface area (Å²) in [4.78, 5) is 25.5. The van der Waals surface area contributed by atoms with E-state index in [1.807, 2.05) is 6.07 Å². The second-order valence-electron chi connectivity index (χ2n) is 6.63. The molecule has 1 N–H and O–H groups in total. The maximum Gasteiger partial charge on any atom is 0.248 e. The van der Waals surface area contributed by atoms with Crippen molar-refractivity contribution in [3.8, 4) is 17.2 Å². The van der Waals surface area contributed by atoms with Crippen LogP contribution in [0, 0.1) is 0 Å². The lowest BCUT2D eigenvalue weighted by Gasteiger charge is -2.14. The molecular formula is C25H22ClNO5. The topological polar surface area (TPSA) is 73.9 Å². The predicted octanol–water partition coefficient (Wildman–Crippen LogP) is 5.25. The molecule has 0 saturated heterocycles. The van der Waals surface area contributed by atoms with E-state index in [-0.39, 0.29) is 5.78 Å². The second-order valence-corrected chi connectivity index (χ2v) is 7.07. The molecule has 32 heavy (non-hydrogen) atoms. The summed E-state index contributed by atoms with van der Waals surface area (Å²) in [5, 5.41) is 3.14. The van der Waals surface area contributed by atoms with Crippen LogP contribution in [0.3, 0.4) is 0 Å². The van der Waals surface area contributed by atoms with Crippen molar-refractivity contribution < 1.29 is 23.8 Å². The summed E-state index contributed by atoms with van der Waals surface area (Å²) >= 11 is 6.10. The predicted molar refractivity (Wildman–Crippen MR) is 125 cm³/mol. The first kappa shape index (κ1) is 22.9. The standard InChI is InChI=1S/C25H22ClNO5/c1-30-21-13-9-17(24(31-2)25(21)32-3)10-14-22(28)27-20-12-11-18(26)15-19(20)23(29)16-7-5-4-6-8-16/h4-15H,1-3H3,(H,27,28)/b14-10+. The number of hydrogen-bond donors (Lipinski definition) is 1. The molecule has 0 aromatic heterocycles. The lowest BCUT2D eigenvalue weighted by Crippen LogP contribution is -2.13. The van der Waals surface area contributed by atoms with Crippen molar-refractivity contribution in [2.24, 2.45) is 0 Å². The molecule has 0 atom stereocenters. The molecule has 0 aliphatic carbocycles. The third kappa shape index (κ3) is 5.10. The van der Waals surface area contributed by atoms with E-state index in [1.165, 1.54) is 33.5 Å². The minimum absolute atomic E-state index is 0.242.